The molecular weight excluding hydrogens is 220 g/mol. The predicted octanol–water partition coefficient (Wildman–Crippen LogP) is 1.73. The second kappa shape index (κ2) is 5.38. The minimum absolute atomic E-state index is 0.00573. The van der Waals surface area contributed by atoms with E-state index in [0.717, 1.165) is 25.7 Å². The molecule has 98 valence electrons. The molecule has 0 radical (unpaired) electrons. The van der Waals surface area contributed by atoms with E-state index in [2.05, 4.69) is 10.6 Å². The number of carboxylic acid groups (broad SMARTS) is 1. The molecule has 1 fully saturated rings. The first-order valence-corrected chi connectivity index (χ1v) is 6.09. The number of carbonyl (C=O) groups is 2. The Hall–Kier alpha value is -1.26. The highest BCUT2D eigenvalue weighted by Gasteiger charge is 2.28. The van der Waals surface area contributed by atoms with E-state index >= 15 is 0 Å². The largest absolute Gasteiger partial charge is 0.465 e. The number of amides is 2. The summed E-state index contributed by atoms with van der Waals surface area (Å²) in [6.45, 7) is 5.88. The number of hydrogen-bond donors (Lipinski definition) is 3. The minimum Gasteiger partial charge on any atom is -0.465 e. The van der Waals surface area contributed by atoms with E-state index in [1.165, 1.54) is 0 Å². The van der Waals surface area contributed by atoms with Gasteiger partial charge < -0.3 is 15.7 Å². The monoisotopic (exact) mass is 242 g/mol. The van der Waals surface area contributed by atoms with Crippen LogP contribution in [0.1, 0.15) is 46.5 Å². The molecule has 2 amide bonds. The van der Waals surface area contributed by atoms with Crippen LogP contribution in [-0.4, -0.2) is 28.7 Å². The smallest absolute Gasteiger partial charge is 0.404 e. The van der Waals surface area contributed by atoms with Crippen LogP contribution < -0.4 is 10.6 Å². The van der Waals surface area contributed by atoms with Crippen molar-refractivity contribution in [2.75, 3.05) is 0 Å². The predicted molar refractivity (Wildman–Crippen MR) is 64.8 cm³/mol. The summed E-state index contributed by atoms with van der Waals surface area (Å²) in [6.07, 6.45) is 2.02. The van der Waals surface area contributed by atoms with E-state index in [-0.39, 0.29) is 23.4 Å². The van der Waals surface area contributed by atoms with E-state index in [0.29, 0.717) is 0 Å². The molecule has 17 heavy (non-hydrogen) atoms. The molecule has 0 bridgehead atoms. The first-order valence-electron chi connectivity index (χ1n) is 6.09. The average Bonchev–Trinajstić information content (AvgIpc) is 2.15. The molecule has 5 nitrogen and oxygen atoms in total. The zero-order valence-electron chi connectivity index (χ0n) is 10.7. The molecule has 5 heteroatoms. The van der Waals surface area contributed by atoms with Gasteiger partial charge in [-0.05, 0) is 46.5 Å². The molecule has 0 saturated heterocycles. The van der Waals surface area contributed by atoms with Gasteiger partial charge in [-0.15, -0.1) is 0 Å². The van der Waals surface area contributed by atoms with Crippen molar-refractivity contribution in [3.63, 3.8) is 0 Å². The van der Waals surface area contributed by atoms with Gasteiger partial charge in [0.05, 0.1) is 0 Å². The van der Waals surface area contributed by atoms with Crippen molar-refractivity contribution < 1.29 is 14.7 Å². The van der Waals surface area contributed by atoms with Crippen LogP contribution in [0.2, 0.25) is 0 Å². The van der Waals surface area contributed by atoms with Crippen LogP contribution in [0, 0.1) is 5.92 Å². The van der Waals surface area contributed by atoms with Gasteiger partial charge >= 0.3 is 6.09 Å². The van der Waals surface area contributed by atoms with Crippen LogP contribution in [0.15, 0.2) is 0 Å². The Balaban J connectivity index is 2.36. The Kier molecular flexibility index (Phi) is 4.37. The van der Waals surface area contributed by atoms with Gasteiger partial charge in [-0.3, -0.25) is 4.79 Å². The van der Waals surface area contributed by atoms with Crippen LogP contribution in [0.5, 0.6) is 0 Å². The van der Waals surface area contributed by atoms with Gasteiger partial charge in [-0.2, -0.15) is 0 Å². The topological polar surface area (TPSA) is 78.4 Å². The summed E-state index contributed by atoms with van der Waals surface area (Å²) in [5, 5.41) is 14.0. The first kappa shape index (κ1) is 13.8. The number of nitrogens with one attached hydrogen (secondary N) is 2. The maximum atomic E-state index is 11.9. The van der Waals surface area contributed by atoms with E-state index in [9.17, 15) is 9.59 Å². The molecule has 0 aromatic carbocycles. The van der Waals surface area contributed by atoms with Crippen molar-refractivity contribution in [3.05, 3.63) is 0 Å². The lowest BCUT2D eigenvalue weighted by Crippen LogP contribution is -2.46. The quantitative estimate of drug-likeness (QED) is 0.690. The number of rotatable bonds is 2. The molecule has 0 heterocycles. The van der Waals surface area contributed by atoms with E-state index < -0.39 is 6.09 Å². The van der Waals surface area contributed by atoms with Gasteiger partial charge in [0.1, 0.15) is 0 Å². The van der Waals surface area contributed by atoms with Crippen LogP contribution in [0.4, 0.5) is 4.79 Å². The first-order chi connectivity index (χ1) is 7.78. The Labute approximate surface area is 102 Å². The molecule has 0 spiro atoms. The van der Waals surface area contributed by atoms with E-state index in [1.807, 2.05) is 20.8 Å². The fraction of sp³-hybridized carbons (Fsp3) is 0.833. The normalized spacial score (nSPS) is 25.1. The molecule has 1 aliphatic carbocycles. The molecule has 0 atom stereocenters. The second-order valence-electron chi connectivity index (χ2n) is 5.74. The third-order valence-corrected chi connectivity index (χ3v) is 2.92. The molecule has 0 aromatic rings. The zero-order valence-corrected chi connectivity index (χ0v) is 10.7. The van der Waals surface area contributed by atoms with Crippen LogP contribution in [-0.2, 0) is 4.79 Å². The second-order valence-corrected chi connectivity index (χ2v) is 5.74. The zero-order chi connectivity index (χ0) is 13.1. The lowest BCUT2D eigenvalue weighted by atomic mass is 9.85. The van der Waals surface area contributed by atoms with Crippen molar-refractivity contribution in [2.45, 2.75) is 58.0 Å². The SMILES string of the molecule is CC(C)(C)NC(=O)C1CCC(NC(=O)O)CC1. The Morgan fingerprint density at radius 2 is 1.65 bits per heavy atom. The van der Waals surface area contributed by atoms with E-state index in [4.69, 9.17) is 5.11 Å². The van der Waals surface area contributed by atoms with E-state index in [1.54, 1.807) is 0 Å². The van der Waals surface area contributed by atoms with Gasteiger partial charge in [-0.25, -0.2) is 4.79 Å². The van der Waals surface area contributed by atoms with Gasteiger partial charge in [0.2, 0.25) is 5.91 Å². The number of carbonyl (C=O) groups excluding carboxylic acids is 1. The summed E-state index contributed by atoms with van der Waals surface area (Å²) in [6, 6.07) is 0.00573. The minimum atomic E-state index is -0.979. The maximum Gasteiger partial charge on any atom is 0.404 e. The Bertz CT molecular complexity index is 289. The van der Waals surface area contributed by atoms with Crippen molar-refractivity contribution in [2.24, 2.45) is 5.92 Å². The van der Waals surface area contributed by atoms with Crippen molar-refractivity contribution in [1.29, 1.82) is 0 Å². The summed E-state index contributed by atoms with van der Waals surface area (Å²) < 4.78 is 0. The highest BCUT2D eigenvalue weighted by molar-refractivity contribution is 5.79. The molecule has 1 aliphatic rings. The molecule has 0 aromatic heterocycles. The molecule has 0 aliphatic heterocycles. The lowest BCUT2D eigenvalue weighted by Gasteiger charge is -2.30. The molecule has 1 rings (SSSR count). The molecule has 0 unspecified atom stereocenters. The lowest BCUT2D eigenvalue weighted by molar-refractivity contribution is -0.127. The number of hydrogen-bond acceptors (Lipinski definition) is 2. The van der Waals surface area contributed by atoms with Crippen LogP contribution in [0.25, 0.3) is 0 Å². The Morgan fingerprint density at radius 1 is 1.12 bits per heavy atom. The fourth-order valence-electron chi connectivity index (χ4n) is 2.15. The highest BCUT2D eigenvalue weighted by atomic mass is 16.4. The van der Waals surface area contributed by atoms with Crippen LogP contribution in [0.3, 0.4) is 0 Å². The summed E-state index contributed by atoms with van der Waals surface area (Å²) in [7, 11) is 0. The summed E-state index contributed by atoms with van der Waals surface area (Å²) in [5.74, 6) is 0.118. The summed E-state index contributed by atoms with van der Waals surface area (Å²) in [4.78, 5) is 22.4. The standard InChI is InChI=1S/C12H22N2O3/c1-12(2,3)14-10(15)8-4-6-9(7-5-8)13-11(16)17/h8-9,13H,4-7H2,1-3H3,(H,14,15)(H,16,17). The van der Waals surface area contributed by atoms with Gasteiger partial charge in [-0.1, -0.05) is 0 Å². The maximum absolute atomic E-state index is 11.9. The van der Waals surface area contributed by atoms with Gasteiger partial charge in [0, 0.05) is 17.5 Å². The molecule has 1 saturated carbocycles. The van der Waals surface area contributed by atoms with Crippen molar-refractivity contribution >= 4 is 12.0 Å². The summed E-state index contributed by atoms with van der Waals surface area (Å²) >= 11 is 0. The van der Waals surface area contributed by atoms with Crippen LogP contribution >= 0.6 is 0 Å². The third-order valence-electron chi connectivity index (χ3n) is 2.92. The third kappa shape index (κ3) is 5.06. The van der Waals surface area contributed by atoms with Gasteiger partial charge in [0.25, 0.3) is 0 Å². The Morgan fingerprint density at radius 3 is 2.06 bits per heavy atom. The fourth-order valence-corrected chi connectivity index (χ4v) is 2.15. The average molecular weight is 242 g/mol. The van der Waals surface area contributed by atoms with Crippen molar-refractivity contribution in [1.82, 2.24) is 10.6 Å². The summed E-state index contributed by atoms with van der Waals surface area (Å²) in [5.41, 5.74) is -0.201. The molecular formula is C12H22N2O3. The highest BCUT2D eigenvalue weighted by Crippen LogP contribution is 2.25. The van der Waals surface area contributed by atoms with Crippen molar-refractivity contribution in [3.8, 4) is 0 Å². The molecule has 3 N–H and O–H groups in total. The van der Waals surface area contributed by atoms with Gasteiger partial charge in [0.15, 0.2) is 0 Å².